The zero-order valence-corrected chi connectivity index (χ0v) is 24.8. The number of aromatic nitrogens is 3. The van der Waals surface area contributed by atoms with Crippen molar-refractivity contribution >= 4 is 27.3 Å². The van der Waals surface area contributed by atoms with Crippen LogP contribution in [-0.4, -0.2) is 89.5 Å². The molecular weight excluding hydrogens is 568 g/mol. The van der Waals surface area contributed by atoms with Gasteiger partial charge < -0.3 is 24.0 Å². The smallest absolute Gasteiger partial charge is 0.294 e. The number of H-pyrrole nitrogens is 1. The Kier molecular flexibility index (Phi) is 9.96. The van der Waals surface area contributed by atoms with E-state index in [1.807, 2.05) is 18.7 Å². The fraction of sp³-hybridized carbons (Fsp3) is 0.519. The number of hydrogen-bond acceptors (Lipinski definition) is 10. The van der Waals surface area contributed by atoms with Crippen LogP contribution in [0.2, 0.25) is 0 Å². The molecule has 1 aliphatic heterocycles. The molecular formula is C27H36N6O8S. The fourth-order valence-corrected chi connectivity index (χ4v) is 6.62. The van der Waals surface area contributed by atoms with E-state index in [4.69, 9.17) is 9.72 Å². The minimum Gasteiger partial charge on any atom is -0.493 e. The molecule has 2 aromatic heterocycles. The Bertz CT molecular complexity index is 1610. The first-order valence-electron chi connectivity index (χ1n) is 14.0. The molecule has 0 amide bonds. The first kappa shape index (κ1) is 31.1. The lowest BCUT2D eigenvalue weighted by Crippen LogP contribution is -2.48. The minimum absolute atomic E-state index is 0.0119. The van der Waals surface area contributed by atoms with Crippen molar-refractivity contribution in [3.05, 3.63) is 49.9 Å². The summed E-state index contributed by atoms with van der Waals surface area (Å²) in [6, 6.07) is 4.52. The Morgan fingerprint density at radius 1 is 1.14 bits per heavy atom. The summed E-state index contributed by atoms with van der Waals surface area (Å²) >= 11 is 0. The van der Waals surface area contributed by atoms with Gasteiger partial charge in [-0.15, -0.1) is 10.1 Å². The first-order valence-corrected chi connectivity index (χ1v) is 15.4. The summed E-state index contributed by atoms with van der Waals surface area (Å²) in [4.78, 5) is 49.4. The van der Waals surface area contributed by atoms with E-state index < -0.39 is 20.7 Å². The first-order chi connectivity index (χ1) is 20.1. The number of rotatable bonds is 14. The predicted molar refractivity (Wildman–Crippen MR) is 155 cm³/mol. The highest BCUT2D eigenvalue weighted by Crippen LogP contribution is 2.33. The Morgan fingerprint density at radius 2 is 1.88 bits per heavy atom. The van der Waals surface area contributed by atoms with E-state index in [1.165, 1.54) is 21.0 Å². The van der Waals surface area contributed by atoms with Crippen LogP contribution < -0.4 is 10.3 Å². The van der Waals surface area contributed by atoms with Gasteiger partial charge in [0.15, 0.2) is 6.29 Å². The van der Waals surface area contributed by atoms with Crippen LogP contribution in [0.1, 0.15) is 49.2 Å². The zero-order chi connectivity index (χ0) is 30.4. The average Bonchev–Trinajstić information content (AvgIpc) is 3.24. The van der Waals surface area contributed by atoms with Crippen molar-refractivity contribution in [3.63, 3.8) is 0 Å². The lowest BCUT2D eigenvalue weighted by Gasteiger charge is -2.34. The van der Waals surface area contributed by atoms with Crippen molar-refractivity contribution in [1.29, 1.82) is 0 Å². The number of carbonyl (C=O) groups is 1. The molecule has 1 saturated heterocycles. The number of nitrogens with one attached hydrogen (secondary N) is 1. The second kappa shape index (κ2) is 13.4. The summed E-state index contributed by atoms with van der Waals surface area (Å²) in [5, 5.41) is 9.50. The predicted octanol–water partition coefficient (Wildman–Crippen LogP) is 2.39. The van der Waals surface area contributed by atoms with Gasteiger partial charge >= 0.3 is 0 Å². The normalized spacial score (nSPS) is 14.7. The third-order valence-corrected chi connectivity index (χ3v) is 9.15. The highest BCUT2D eigenvalue weighted by molar-refractivity contribution is 7.89. The molecule has 0 radical (unpaired) electrons. The summed E-state index contributed by atoms with van der Waals surface area (Å²) in [7, 11) is -2.25. The lowest BCUT2D eigenvalue weighted by molar-refractivity contribution is -0.757. The molecule has 42 heavy (non-hydrogen) atoms. The van der Waals surface area contributed by atoms with Gasteiger partial charge in [-0.2, -0.15) is 4.31 Å². The number of aldehydes is 1. The van der Waals surface area contributed by atoms with Gasteiger partial charge in [0, 0.05) is 45.3 Å². The van der Waals surface area contributed by atoms with Gasteiger partial charge in [-0.3, -0.25) is 9.59 Å². The van der Waals surface area contributed by atoms with Crippen LogP contribution >= 0.6 is 0 Å². The van der Waals surface area contributed by atoms with Gasteiger partial charge in [0.2, 0.25) is 10.0 Å². The van der Waals surface area contributed by atoms with Crippen molar-refractivity contribution in [2.75, 3.05) is 45.9 Å². The number of nitrogens with zero attached hydrogens (tertiary/aromatic N) is 5. The Morgan fingerprint density at radius 3 is 2.52 bits per heavy atom. The second-order valence-corrected chi connectivity index (χ2v) is 12.0. The van der Waals surface area contributed by atoms with Crippen LogP contribution in [0.5, 0.6) is 5.75 Å². The standard InChI is InChI=1S/C27H36N6O8S/c1-4-7-20-22(18-34)30(3)25-24(20)28-26(29-27(25)35)21-17-19(8-9-23(21)40-15-5-2)42(38,39)32-13-11-31(12-14-32)10-6-16-41-33(36)37/h8-9,17-18H,4-7,10-16H2,1-3H3,(H,28,29,35). The highest BCUT2D eigenvalue weighted by atomic mass is 32.2. The molecule has 14 nitrogen and oxygen atoms in total. The number of piperazine rings is 1. The van der Waals surface area contributed by atoms with Crippen LogP contribution in [0.25, 0.3) is 22.4 Å². The molecule has 0 atom stereocenters. The van der Waals surface area contributed by atoms with Crippen LogP contribution in [0, 0.1) is 10.1 Å². The number of sulfonamides is 1. The summed E-state index contributed by atoms with van der Waals surface area (Å²) in [6.07, 6.45) is 3.18. The van der Waals surface area contributed by atoms with Crippen LogP contribution in [0.3, 0.4) is 0 Å². The Balaban J connectivity index is 1.67. The van der Waals surface area contributed by atoms with E-state index in [1.54, 1.807) is 13.1 Å². The van der Waals surface area contributed by atoms with Crippen LogP contribution in [-0.2, 0) is 28.3 Å². The number of aryl methyl sites for hydroxylation is 2. The van der Waals surface area contributed by atoms with Crippen molar-refractivity contribution in [2.45, 2.75) is 44.4 Å². The molecule has 4 rings (SSSR count). The summed E-state index contributed by atoms with van der Waals surface area (Å²) in [6.45, 7) is 6.29. The van der Waals surface area contributed by atoms with Crippen molar-refractivity contribution in [2.24, 2.45) is 7.05 Å². The van der Waals surface area contributed by atoms with Crippen LogP contribution in [0.4, 0.5) is 0 Å². The maximum atomic E-state index is 13.7. The summed E-state index contributed by atoms with van der Waals surface area (Å²) in [5.74, 6) is 0.529. The van der Waals surface area contributed by atoms with E-state index in [-0.39, 0.29) is 35.9 Å². The lowest BCUT2D eigenvalue weighted by atomic mass is 10.1. The van der Waals surface area contributed by atoms with E-state index in [0.717, 1.165) is 12.7 Å². The molecule has 1 aliphatic rings. The van der Waals surface area contributed by atoms with Crippen molar-refractivity contribution in [1.82, 2.24) is 23.7 Å². The Hall–Kier alpha value is -3.82. The van der Waals surface area contributed by atoms with Gasteiger partial charge in [0.25, 0.3) is 10.6 Å². The molecule has 0 saturated carbocycles. The largest absolute Gasteiger partial charge is 0.493 e. The number of aromatic amines is 1. The number of ether oxygens (including phenoxy) is 1. The molecule has 0 aliphatic carbocycles. The number of carbonyl (C=O) groups excluding carboxylic acids is 1. The van der Waals surface area contributed by atoms with E-state index in [2.05, 4.69) is 9.82 Å². The molecule has 3 aromatic rings. The summed E-state index contributed by atoms with van der Waals surface area (Å²) < 4.78 is 36.2. The molecule has 0 bridgehead atoms. The average molecular weight is 605 g/mol. The SMILES string of the molecule is CCCOc1ccc(S(=O)(=O)N2CCN(CCCO[N+](=O)[O-])CC2)cc1-c1nc2c(CCC)c(C=O)n(C)c2c(=O)[nH]1. The fourth-order valence-electron chi connectivity index (χ4n) is 5.17. The number of fused-ring (bicyclic) bond motifs is 1. The maximum absolute atomic E-state index is 13.7. The molecule has 1 fully saturated rings. The molecule has 1 aromatic carbocycles. The van der Waals surface area contributed by atoms with Crippen molar-refractivity contribution in [3.8, 4) is 17.1 Å². The van der Waals surface area contributed by atoms with E-state index >= 15 is 0 Å². The van der Waals surface area contributed by atoms with E-state index in [0.29, 0.717) is 73.6 Å². The van der Waals surface area contributed by atoms with Gasteiger partial charge in [0.05, 0.1) is 29.4 Å². The summed E-state index contributed by atoms with van der Waals surface area (Å²) in [5.41, 5.74) is 1.59. The number of hydrogen-bond donors (Lipinski definition) is 1. The molecule has 228 valence electrons. The third-order valence-electron chi connectivity index (χ3n) is 7.25. The maximum Gasteiger partial charge on any atom is 0.294 e. The second-order valence-electron chi connectivity index (χ2n) is 10.1. The molecule has 15 heteroatoms. The topological polar surface area (TPSA) is 170 Å². The highest BCUT2D eigenvalue weighted by Gasteiger charge is 2.30. The van der Waals surface area contributed by atoms with Crippen molar-refractivity contribution < 1.29 is 27.9 Å². The minimum atomic E-state index is -3.90. The van der Waals surface area contributed by atoms with Gasteiger partial charge in [-0.25, -0.2) is 13.4 Å². The molecule has 0 spiro atoms. The molecule has 3 heterocycles. The molecule has 0 unspecified atom stereocenters. The van der Waals surface area contributed by atoms with Gasteiger partial charge in [-0.05, 0) is 37.5 Å². The van der Waals surface area contributed by atoms with Crippen LogP contribution in [0.15, 0.2) is 27.9 Å². The van der Waals surface area contributed by atoms with Gasteiger partial charge in [-0.1, -0.05) is 20.3 Å². The quantitative estimate of drug-likeness (QED) is 0.125. The molecule has 1 N–H and O–H groups in total. The van der Waals surface area contributed by atoms with E-state index in [9.17, 15) is 28.1 Å². The number of benzene rings is 1. The zero-order valence-electron chi connectivity index (χ0n) is 24.0. The Labute approximate surface area is 243 Å². The monoisotopic (exact) mass is 604 g/mol. The van der Waals surface area contributed by atoms with Gasteiger partial charge in [0.1, 0.15) is 22.6 Å². The third kappa shape index (κ3) is 6.47.